The molecular weight excluding hydrogens is 278 g/mol. The van der Waals surface area contributed by atoms with E-state index in [1.165, 1.54) is 6.20 Å². The van der Waals surface area contributed by atoms with Crippen LogP contribution in [0.4, 0.5) is 0 Å². The normalized spacial score (nSPS) is 11.9. The molecule has 0 bridgehead atoms. The fourth-order valence-electron chi connectivity index (χ4n) is 1.91. The monoisotopic (exact) mass is 291 g/mol. The van der Waals surface area contributed by atoms with Gasteiger partial charge in [-0.2, -0.15) is 0 Å². The Balaban J connectivity index is 2.20. The average molecular weight is 292 g/mol. The number of aromatic nitrogens is 1. The molecule has 4 nitrogen and oxygen atoms in total. The van der Waals surface area contributed by atoms with E-state index in [2.05, 4.69) is 4.98 Å². The SMILES string of the molecule is COc1ccc(CC(C(=O)O)c2ccc(Cl)cn2)cc1. The molecular formula is C15H14ClNO3. The number of aliphatic carboxylic acids is 1. The summed E-state index contributed by atoms with van der Waals surface area (Å²) < 4.78 is 5.08. The summed E-state index contributed by atoms with van der Waals surface area (Å²) in [5.74, 6) is -0.860. The molecule has 104 valence electrons. The molecule has 0 aliphatic carbocycles. The minimum atomic E-state index is -0.907. The second-order valence-electron chi connectivity index (χ2n) is 4.34. The molecule has 1 aromatic carbocycles. The van der Waals surface area contributed by atoms with Crippen LogP contribution in [-0.4, -0.2) is 23.2 Å². The minimum Gasteiger partial charge on any atom is -0.497 e. The van der Waals surface area contributed by atoms with Gasteiger partial charge >= 0.3 is 5.97 Å². The minimum absolute atomic E-state index is 0.369. The Hall–Kier alpha value is -2.07. The van der Waals surface area contributed by atoms with Crippen molar-refractivity contribution >= 4 is 17.6 Å². The Morgan fingerprint density at radius 3 is 2.50 bits per heavy atom. The number of carboxylic acid groups (broad SMARTS) is 1. The molecule has 1 atom stereocenters. The maximum Gasteiger partial charge on any atom is 0.312 e. The zero-order valence-electron chi connectivity index (χ0n) is 10.9. The molecule has 0 fully saturated rings. The van der Waals surface area contributed by atoms with Crippen molar-refractivity contribution < 1.29 is 14.6 Å². The van der Waals surface area contributed by atoms with E-state index in [1.54, 1.807) is 19.2 Å². The van der Waals surface area contributed by atoms with Crippen molar-refractivity contribution in [1.29, 1.82) is 0 Å². The maximum atomic E-state index is 11.4. The van der Waals surface area contributed by atoms with E-state index in [1.807, 2.05) is 24.3 Å². The lowest BCUT2D eigenvalue weighted by Crippen LogP contribution is -2.15. The Labute approximate surface area is 122 Å². The molecule has 0 amide bonds. The molecule has 1 heterocycles. The predicted molar refractivity (Wildman–Crippen MR) is 76.3 cm³/mol. The van der Waals surface area contributed by atoms with Crippen molar-refractivity contribution in [3.63, 3.8) is 0 Å². The van der Waals surface area contributed by atoms with Crippen molar-refractivity contribution in [1.82, 2.24) is 4.98 Å². The van der Waals surface area contributed by atoms with Gasteiger partial charge in [0, 0.05) is 6.20 Å². The van der Waals surface area contributed by atoms with Crippen LogP contribution in [0.3, 0.4) is 0 Å². The van der Waals surface area contributed by atoms with Crippen LogP contribution in [0.5, 0.6) is 5.75 Å². The number of pyridine rings is 1. The smallest absolute Gasteiger partial charge is 0.312 e. The van der Waals surface area contributed by atoms with E-state index in [-0.39, 0.29) is 0 Å². The molecule has 2 aromatic rings. The van der Waals surface area contributed by atoms with Crippen LogP contribution in [0, 0.1) is 0 Å². The van der Waals surface area contributed by atoms with Crippen molar-refractivity contribution in [3.05, 3.63) is 58.9 Å². The highest BCUT2D eigenvalue weighted by Crippen LogP contribution is 2.22. The summed E-state index contributed by atoms with van der Waals surface area (Å²) in [4.78, 5) is 15.5. The average Bonchev–Trinajstić information content (AvgIpc) is 2.46. The first-order valence-corrected chi connectivity index (χ1v) is 6.45. The van der Waals surface area contributed by atoms with Gasteiger partial charge in [-0.15, -0.1) is 0 Å². The lowest BCUT2D eigenvalue weighted by Gasteiger charge is -2.12. The number of ether oxygens (including phenoxy) is 1. The third-order valence-corrected chi connectivity index (χ3v) is 3.23. The Kier molecular flexibility index (Phi) is 4.58. The highest BCUT2D eigenvalue weighted by atomic mass is 35.5. The summed E-state index contributed by atoms with van der Waals surface area (Å²) in [6.07, 6.45) is 1.83. The van der Waals surface area contributed by atoms with E-state index in [0.717, 1.165) is 11.3 Å². The van der Waals surface area contributed by atoms with Gasteiger partial charge in [0.15, 0.2) is 0 Å². The summed E-state index contributed by atoms with van der Waals surface area (Å²) in [7, 11) is 1.59. The van der Waals surface area contributed by atoms with Crippen LogP contribution < -0.4 is 4.74 Å². The number of nitrogens with zero attached hydrogens (tertiary/aromatic N) is 1. The van der Waals surface area contributed by atoms with Gasteiger partial charge in [0.1, 0.15) is 11.7 Å². The standard InChI is InChI=1S/C15H14ClNO3/c1-20-12-5-2-10(3-6-12)8-13(15(18)19)14-7-4-11(16)9-17-14/h2-7,9,13H,8H2,1H3,(H,18,19). The first-order valence-electron chi connectivity index (χ1n) is 6.07. The van der Waals surface area contributed by atoms with Crippen molar-refractivity contribution in [2.24, 2.45) is 0 Å². The van der Waals surface area contributed by atoms with Gasteiger partial charge in [-0.25, -0.2) is 0 Å². The summed E-state index contributed by atoms with van der Waals surface area (Å²) in [6.45, 7) is 0. The molecule has 1 unspecified atom stereocenters. The Morgan fingerprint density at radius 2 is 2.00 bits per heavy atom. The van der Waals surface area contributed by atoms with Crippen molar-refractivity contribution in [2.45, 2.75) is 12.3 Å². The Morgan fingerprint density at radius 1 is 1.30 bits per heavy atom. The molecule has 2 rings (SSSR count). The lowest BCUT2D eigenvalue weighted by atomic mass is 9.96. The van der Waals surface area contributed by atoms with Crippen LogP contribution in [0.15, 0.2) is 42.6 Å². The molecule has 0 saturated heterocycles. The first kappa shape index (κ1) is 14.3. The zero-order chi connectivity index (χ0) is 14.5. The van der Waals surface area contributed by atoms with Gasteiger partial charge in [0.2, 0.25) is 0 Å². The highest BCUT2D eigenvalue weighted by molar-refractivity contribution is 6.30. The summed E-state index contributed by atoms with van der Waals surface area (Å²) in [5.41, 5.74) is 1.41. The molecule has 0 aliphatic heterocycles. The van der Waals surface area contributed by atoms with Gasteiger partial charge < -0.3 is 9.84 Å². The van der Waals surface area contributed by atoms with E-state index in [4.69, 9.17) is 16.3 Å². The number of carbonyl (C=O) groups is 1. The van der Waals surface area contributed by atoms with E-state index in [0.29, 0.717) is 17.1 Å². The number of halogens is 1. The van der Waals surface area contributed by atoms with Gasteiger partial charge in [0.25, 0.3) is 0 Å². The molecule has 0 aliphatic rings. The third-order valence-electron chi connectivity index (χ3n) is 3.00. The van der Waals surface area contributed by atoms with Crippen LogP contribution >= 0.6 is 11.6 Å². The lowest BCUT2D eigenvalue weighted by molar-refractivity contribution is -0.138. The number of carboxylic acids is 1. The fraction of sp³-hybridized carbons (Fsp3) is 0.200. The molecule has 1 aromatic heterocycles. The van der Waals surface area contributed by atoms with Gasteiger partial charge in [-0.3, -0.25) is 9.78 Å². The van der Waals surface area contributed by atoms with Crippen LogP contribution in [0.2, 0.25) is 5.02 Å². The van der Waals surface area contributed by atoms with E-state index >= 15 is 0 Å². The fourth-order valence-corrected chi connectivity index (χ4v) is 2.02. The molecule has 20 heavy (non-hydrogen) atoms. The Bertz CT molecular complexity index is 581. The third kappa shape index (κ3) is 3.48. The summed E-state index contributed by atoms with van der Waals surface area (Å²) >= 11 is 5.77. The van der Waals surface area contributed by atoms with Crippen molar-refractivity contribution in [2.75, 3.05) is 7.11 Å². The van der Waals surface area contributed by atoms with Gasteiger partial charge in [0.05, 0.1) is 17.8 Å². The number of methoxy groups -OCH3 is 1. The number of rotatable bonds is 5. The quantitative estimate of drug-likeness (QED) is 0.919. The number of hydrogen-bond acceptors (Lipinski definition) is 3. The second kappa shape index (κ2) is 6.39. The molecule has 0 saturated carbocycles. The second-order valence-corrected chi connectivity index (χ2v) is 4.78. The molecule has 0 radical (unpaired) electrons. The van der Waals surface area contributed by atoms with E-state index in [9.17, 15) is 9.90 Å². The maximum absolute atomic E-state index is 11.4. The zero-order valence-corrected chi connectivity index (χ0v) is 11.7. The van der Waals surface area contributed by atoms with Crippen LogP contribution in [-0.2, 0) is 11.2 Å². The first-order chi connectivity index (χ1) is 9.60. The van der Waals surface area contributed by atoms with Crippen LogP contribution in [0.1, 0.15) is 17.2 Å². The topological polar surface area (TPSA) is 59.4 Å². The predicted octanol–water partition coefficient (Wildman–Crippen LogP) is 3.15. The number of hydrogen-bond donors (Lipinski definition) is 1. The van der Waals surface area contributed by atoms with Gasteiger partial charge in [-0.05, 0) is 36.2 Å². The van der Waals surface area contributed by atoms with E-state index < -0.39 is 11.9 Å². The molecule has 5 heteroatoms. The largest absolute Gasteiger partial charge is 0.497 e. The number of benzene rings is 1. The van der Waals surface area contributed by atoms with Crippen LogP contribution in [0.25, 0.3) is 0 Å². The molecule has 1 N–H and O–H groups in total. The van der Waals surface area contributed by atoms with Gasteiger partial charge in [-0.1, -0.05) is 23.7 Å². The molecule has 0 spiro atoms. The highest BCUT2D eigenvalue weighted by Gasteiger charge is 2.21. The van der Waals surface area contributed by atoms with Crippen molar-refractivity contribution in [3.8, 4) is 5.75 Å². The summed E-state index contributed by atoms with van der Waals surface area (Å²) in [6, 6.07) is 10.6. The summed E-state index contributed by atoms with van der Waals surface area (Å²) in [5, 5.41) is 9.85.